The maximum Gasteiger partial charge on any atom is 0.252 e. The number of thiazole rings is 1. The van der Waals surface area contributed by atoms with Crippen LogP contribution in [0.1, 0.15) is 34.8 Å². The van der Waals surface area contributed by atoms with E-state index < -0.39 is 0 Å². The number of anilines is 1. The predicted octanol–water partition coefficient (Wildman–Crippen LogP) is 4.44. The lowest BCUT2D eigenvalue weighted by atomic mass is 9.84. The number of aliphatic hydroxyl groups is 1. The van der Waals surface area contributed by atoms with Crippen molar-refractivity contribution in [1.29, 1.82) is 0 Å². The first-order valence-corrected chi connectivity index (χ1v) is 12.6. The number of aromatic nitrogens is 2. The fraction of sp³-hybridized carbons (Fsp3) is 0.214. The lowest BCUT2D eigenvalue weighted by molar-refractivity contribution is -0.115. The number of amides is 2. The molecule has 2 heterocycles. The molecule has 0 unspecified atom stereocenters. The summed E-state index contributed by atoms with van der Waals surface area (Å²) in [6, 6.07) is 17.5. The third kappa shape index (κ3) is 4.78. The first kappa shape index (κ1) is 23.8. The molecule has 3 N–H and O–H groups in total. The summed E-state index contributed by atoms with van der Waals surface area (Å²) < 4.78 is 0. The number of hydrogen-bond donors (Lipinski definition) is 3. The minimum Gasteiger partial charge on any atom is -0.395 e. The van der Waals surface area contributed by atoms with Gasteiger partial charge < -0.3 is 15.7 Å². The van der Waals surface area contributed by atoms with Crippen LogP contribution >= 0.6 is 11.3 Å². The topological polar surface area (TPSA) is 104 Å². The van der Waals surface area contributed by atoms with E-state index in [1.807, 2.05) is 54.8 Å². The molecule has 2 aromatic carbocycles. The lowest BCUT2D eigenvalue weighted by Gasteiger charge is -2.22. The van der Waals surface area contributed by atoms with Gasteiger partial charge in [0.2, 0.25) is 5.91 Å². The van der Waals surface area contributed by atoms with Crippen molar-refractivity contribution in [2.45, 2.75) is 25.2 Å². The van der Waals surface area contributed by atoms with Crippen molar-refractivity contribution in [3.05, 3.63) is 89.1 Å². The van der Waals surface area contributed by atoms with Gasteiger partial charge in [-0.2, -0.15) is 0 Å². The number of aliphatic hydroxyl groups excluding tert-OH is 1. The third-order valence-corrected chi connectivity index (χ3v) is 7.44. The zero-order valence-corrected chi connectivity index (χ0v) is 20.6. The Labute approximate surface area is 213 Å². The van der Waals surface area contributed by atoms with Crippen molar-refractivity contribution in [2.24, 2.45) is 0 Å². The van der Waals surface area contributed by atoms with Crippen LogP contribution in [0.3, 0.4) is 0 Å². The van der Waals surface area contributed by atoms with E-state index in [2.05, 4.69) is 26.7 Å². The first-order chi connectivity index (χ1) is 17.5. The molecule has 36 heavy (non-hydrogen) atoms. The van der Waals surface area contributed by atoms with Crippen LogP contribution in [0.25, 0.3) is 22.4 Å². The second-order valence-electron chi connectivity index (χ2n) is 9.14. The molecule has 0 saturated carbocycles. The van der Waals surface area contributed by atoms with Crippen molar-refractivity contribution < 1.29 is 14.7 Å². The lowest BCUT2D eigenvalue weighted by Crippen LogP contribution is -2.33. The molecule has 5 rings (SSSR count). The Morgan fingerprint density at radius 3 is 2.64 bits per heavy atom. The Hall–Kier alpha value is -3.88. The van der Waals surface area contributed by atoms with E-state index >= 15 is 0 Å². The van der Waals surface area contributed by atoms with Crippen LogP contribution in [-0.4, -0.2) is 40.0 Å². The number of nitrogens with one attached hydrogen (secondary N) is 2. The van der Waals surface area contributed by atoms with Crippen LogP contribution in [0.2, 0.25) is 0 Å². The van der Waals surface area contributed by atoms with Gasteiger partial charge in [0.25, 0.3) is 5.91 Å². The summed E-state index contributed by atoms with van der Waals surface area (Å²) in [6.45, 7) is 1.88. The van der Waals surface area contributed by atoms with Crippen LogP contribution in [0.5, 0.6) is 0 Å². The number of benzene rings is 2. The van der Waals surface area contributed by atoms with Crippen molar-refractivity contribution in [1.82, 2.24) is 15.3 Å². The third-order valence-electron chi connectivity index (χ3n) is 6.68. The number of carbonyl (C=O) groups is 2. The zero-order chi connectivity index (χ0) is 25.1. The standard InChI is InChI=1S/C28H26N4O3S/c1-28(17-33)11-8-21-22(6-3-7-23(21)28)26(35)30-15-25(34)32-27-31-24(16-36-27)20-5-2-4-19(14-20)18-9-12-29-13-10-18/h2-7,9-10,12-14,16,33H,8,11,15,17H2,1H3,(H,30,35)(H,31,32,34)/t28-/m0/s1. The summed E-state index contributed by atoms with van der Waals surface area (Å²) in [5, 5.41) is 17.7. The molecular formula is C28H26N4O3S. The summed E-state index contributed by atoms with van der Waals surface area (Å²) in [6.07, 6.45) is 5.04. The summed E-state index contributed by atoms with van der Waals surface area (Å²) in [4.78, 5) is 34.0. The highest BCUT2D eigenvalue weighted by atomic mass is 32.1. The van der Waals surface area contributed by atoms with Crippen molar-refractivity contribution in [2.75, 3.05) is 18.5 Å². The van der Waals surface area contributed by atoms with Crippen molar-refractivity contribution in [3.63, 3.8) is 0 Å². The van der Waals surface area contributed by atoms with Crippen LogP contribution in [-0.2, 0) is 16.6 Å². The smallest absolute Gasteiger partial charge is 0.252 e. The Kier molecular flexibility index (Phi) is 6.63. The van der Waals surface area contributed by atoms with E-state index in [-0.39, 0.29) is 30.4 Å². The molecule has 1 aliphatic rings. The number of pyridine rings is 1. The molecule has 182 valence electrons. The highest BCUT2D eigenvalue weighted by molar-refractivity contribution is 7.14. The van der Waals surface area contributed by atoms with E-state index in [1.165, 1.54) is 11.3 Å². The van der Waals surface area contributed by atoms with Gasteiger partial charge in [-0.1, -0.05) is 37.3 Å². The molecule has 1 aliphatic carbocycles. The van der Waals surface area contributed by atoms with Gasteiger partial charge in [-0.05, 0) is 59.4 Å². The maximum absolute atomic E-state index is 12.8. The Bertz CT molecular complexity index is 1420. The highest BCUT2D eigenvalue weighted by Gasteiger charge is 2.35. The fourth-order valence-electron chi connectivity index (χ4n) is 4.62. The van der Waals surface area contributed by atoms with E-state index in [4.69, 9.17) is 0 Å². The summed E-state index contributed by atoms with van der Waals surface area (Å²) >= 11 is 1.33. The number of hydrogen-bond acceptors (Lipinski definition) is 6. The maximum atomic E-state index is 12.8. The van der Waals surface area contributed by atoms with Gasteiger partial charge in [0.05, 0.1) is 18.8 Å². The Balaban J connectivity index is 1.22. The summed E-state index contributed by atoms with van der Waals surface area (Å²) in [7, 11) is 0. The minimum absolute atomic E-state index is 0.0390. The van der Waals surface area contributed by atoms with Crippen LogP contribution in [0, 0.1) is 0 Å². The monoisotopic (exact) mass is 498 g/mol. The average Bonchev–Trinajstić information content (AvgIpc) is 3.53. The molecule has 0 bridgehead atoms. The normalized spacial score (nSPS) is 16.4. The Morgan fingerprint density at radius 1 is 1.06 bits per heavy atom. The van der Waals surface area contributed by atoms with Gasteiger partial charge in [-0.15, -0.1) is 11.3 Å². The second kappa shape index (κ2) is 10.0. The highest BCUT2D eigenvalue weighted by Crippen LogP contribution is 2.39. The minimum atomic E-state index is -0.345. The zero-order valence-electron chi connectivity index (χ0n) is 19.8. The van der Waals surface area contributed by atoms with Gasteiger partial charge in [-0.25, -0.2) is 4.98 Å². The number of nitrogens with zero attached hydrogens (tertiary/aromatic N) is 2. The molecule has 2 aromatic heterocycles. The molecule has 0 aliphatic heterocycles. The number of fused-ring (bicyclic) bond motifs is 1. The Morgan fingerprint density at radius 2 is 1.83 bits per heavy atom. The van der Waals surface area contributed by atoms with Crippen LogP contribution in [0.4, 0.5) is 5.13 Å². The SMILES string of the molecule is C[C@@]1(CO)CCc2c(C(=O)NCC(=O)Nc3nc(-c4cccc(-c5ccncc5)c4)cs3)cccc21. The fourth-order valence-corrected chi connectivity index (χ4v) is 5.36. The van der Waals surface area contributed by atoms with E-state index in [1.54, 1.807) is 18.5 Å². The molecule has 2 amide bonds. The summed E-state index contributed by atoms with van der Waals surface area (Å²) in [5.41, 5.74) is 6.02. The molecule has 0 spiro atoms. The molecule has 4 aromatic rings. The van der Waals surface area contributed by atoms with Gasteiger partial charge >= 0.3 is 0 Å². The average molecular weight is 499 g/mol. The van der Waals surface area contributed by atoms with Gasteiger partial charge in [0.1, 0.15) is 0 Å². The van der Waals surface area contributed by atoms with Gasteiger partial charge in [0, 0.05) is 34.3 Å². The van der Waals surface area contributed by atoms with Gasteiger partial charge in [0.15, 0.2) is 5.13 Å². The van der Waals surface area contributed by atoms with Crippen LogP contribution in [0.15, 0.2) is 72.4 Å². The summed E-state index contributed by atoms with van der Waals surface area (Å²) in [5.74, 6) is -0.639. The van der Waals surface area contributed by atoms with E-state index in [0.717, 1.165) is 46.4 Å². The quantitative estimate of drug-likeness (QED) is 0.350. The predicted molar refractivity (Wildman–Crippen MR) is 141 cm³/mol. The molecular weight excluding hydrogens is 472 g/mol. The van der Waals surface area contributed by atoms with E-state index in [9.17, 15) is 14.7 Å². The molecule has 1 atom stereocenters. The number of rotatable bonds is 7. The van der Waals surface area contributed by atoms with Crippen LogP contribution < -0.4 is 10.6 Å². The largest absolute Gasteiger partial charge is 0.395 e. The molecule has 0 saturated heterocycles. The molecule has 0 radical (unpaired) electrons. The molecule has 8 heteroatoms. The second-order valence-corrected chi connectivity index (χ2v) is 9.99. The number of carbonyl (C=O) groups excluding carboxylic acids is 2. The van der Waals surface area contributed by atoms with Crippen molar-refractivity contribution in [3.8, 4) is 22.4 Å². The first-order valence-electron chi connectivity index (χ1n) is 11.7. The van der Waals surface area contributed by atoms with Crippen molar-refractivity contribution >= 4 is 28.3 Å². The van der Waals surface area contributed by atoms with Gasteiger partial charge in [-0.3, -0.25) is 14.6 Å². The van der Waals surface area contributed by atoms with E-state index in [0.29, 0.717) is 10.7 Å². The molecule has 7 nitrogen and oxygen atoms in total. The molecule has 0 fully saturated rings.